The summed E-state index contributed by atoms with van der Waals surface area (Å²) in [7, 11) is 0. The number of hydrogen-bond acceptors (Lipinski definition) is 5. The summed E-state index contributed by atoms with van der Waals surface area (Å²) in [5, 5.41) is 19.2. The smallest absolute Gasteiger partial charge is 0.353 e. The quantitative estimate of drug-likeness (QED) is 0.284. The Bertz CT molecular complexity index is 776. The second-order valence-electron chi connectivity index (χ2n) is 6.30. The van der Waals surface area contributed by atoms with Crippen molar-refractivity contribution in [2.45, 2.75) is 25.5 Å². The van der Waals surface area contributed by atoms with Crippen LogP contribution in [0, 0.1) is 5.92 Å². The van der Waals surface area contributed by atoms with Crippen LogP contribution in [-0.4, -0.2) is 57.3 Å². The zero-order valence-corrected chi connectivity index (χ0v) is 15.1. The van der Waals surface area contributed by atoms with E-state index in [1.54, 1.807) is 6.92 Å². The molecule has 26 heavy (non-hydrogen) atoms. The third-order valence-corrected chi connectivity index (χ3v) is 5.71. The maximum atomic E-state index is 12.1. The Morgan fingerprint density at radius 3 is 2.73 bits per heavy atom. The molecule has 7 nitrogen and oxygen atoms in total. The maximum Gasteiger partial charge on any atom is 0.353 e. The fraction of sp³-hybridized carbons (Fsp3) is 0.389. The van der Waals surface area contributed by atoms with Gasteiger partial charge in [-0.3, -0.25) is 9.79 Å². The Labute approximate surface area is 155 Å². The minimum atomic E-state index is -1.11. The maximum absolute atomic E-state index is 12.1. The van der Waals surface area contributed by atoms with Crippen LogP contribution in [0.5, 0.6) is 0 Å². The number of aliphatic hydroxyl groups is 1. The summed E-state index contributed by atoms with van der Waals surface area (Å²) in [6.07, 6.45) is -0.315. The molecule has 0 aliphatic carbocycles. The van der Waals surface area contributed by atoms with E-state index >= 15 is 0 Å². The summed E-state index contributed by atoms with van der Waals surface area (Å²) in [4.78, 5) is 30.0. The van der Waals surface area contributed by atoms with Crippen molar-refractivity contribution in [3.63, 3.8) is 0 Å². The number of nitrogens with two attached hydrogens (primary N) is 1. The number of amides is 1. The topological polar surface area (TPSA) is 116 Å². The van der Waals surface area contributed by atoms with Gasteiger partial charge in [-0.25, -0.2) is 4.79 Å². The van der Waals surface area contributed by atoms with Gasteiger partial charge in [-0.05, 0) is 6.92 Å². The summed E-state index contributed by atoms with van der Waals surface area (Å²) in [5.74, 6) is -0.940. The van der Waals surface area contributed by atoms with Crippen molar-refractivity contribution in [3.8, 4) is 0 Å². The molecule has 8 heteroatoms. The van der Waals surface area contributed by atoms with E-state index in [0.29, 0.717) is 29.5 Å². The number of carboxylic acids is 1. The molecule has 0 radical (unpaired) electrons. The molecule has 4 N–H and O–H groups in total. The lowest BCUT2D eigenvalue weighted by molar-refractivity contribution is -0.161. The molecule has 2 aliphatic rings. The van der Waals surface area contributed by atoms with E-state index in [1.165, 1.54) is 16.7 Å². The summed E-state index contributed by atoms with van der Waals surface area (Å²) >= 11 is 1.38. The highest BCUT2D eigenvalue weighted by Crippen LogP contribution is 2.46. The van der Waals surface area contributed by atoms with Crippen LogP contribution < -0.4 is 5.73 Å². The molecule has 2 heterocycles. The average Bonchev–Trinajstić information content (AvgIpc) is 2.93. The number of β-lactam (4-membered cyclic amide) rings is 1. The van der Waals surface area contributed by atoms with E-state index in [4.69, 9.17) is 5.73 Å². The lowest BCUT2D eigenvalue weighted by Crippen LogP contribution is -2.61. The molecule has 0 saturated carbocycles. The van der Waals surface area contributed by atoms with Crippen LogP contribution in [0.15, 0.2) is 45.9 Å². The van der Waals surface area contributed by atoms with Gasteiger partial charge in [0.15, 0.2) is 0 Å². The number of rotatable bonds is 7. The van der Waals surface area contributed by atoms with E-state index in [-0.39, 0.29) is 17.6 Å². The average molecular weight is 375 g/mol. The Morgan fingerprint density at radius 2 is 2.12 bits per heavy atom. The number of carbonyl (C=O) groups excluding carboxylic acids is 1. The van der Waals surface area contributed by atoms with Gasteiger partial charge in [0.2, 0.25) is 5.91 Å². The molecule has 1 saturated heterocycles. The van der Waals surface area contributed by atoms with Crippen LogP contribution in [0.3, 0.4) is 0 Å². The second-order valence-corrected chi connectivity index (χ2v) is 7.49. The van der Waals surface area contributed by atoms with E-state index < -0.39 is 18.0 Å². The number of aliphatic imine (C=N–C) groups is 1. The van der Waals surface area contributed by atoms with Gasteiger partial charge >= 0.3 is 5.97 Å². The van der Waals surface area contributed by atoms with Crippen molar-refractivity contribution in [3.05, 3.63) is 46.5 Å². The molecule has 1 amide bonds. The SMILES string of the molecule is C[C@@H](O)[C@H]1C(=O)N2C(C(=O)O)=C(SCCN=C(N)c3ccccc3)C[C@H]12. The normalized spacial score (nSPS) is 23.7. The molecule has 0 spiro atoms. The van der Waals surface area contributed by atoms with Crippen LogP contribution in [0.25, 0.3) is 0 Å². The Balaban J connectivity index is 1.63. The predicted octanol–water partition coefficient (Wildman–Crippen LogP) is 1.03. The number of thioether (sulfide) groups is 1. The zero-order chi connectivity index (χ0) is 18.8. The highest BCUT2D eigenvalue weighted by Gasteiger charge is 2.56. The number of nitrogens with zero attached hydrogens (tertiary/aromatic N) is 2. The van der Waals surface area contributed by atoms with E-state index in [2.05, 4.69) is 4.99 Å². The van der Waals surface area contributed by atoms with Crippen molar-refractivity contribution < 1.29 is 19.8 Å². The number of aliphatic hydroxyl groups excluding tert-OH is 1. The van der Waals surface area contributed by atoms with Crippen molar-refractivity contribution in [1.29, 1.82) is 0 Å². The van der Waals surface area contributed by atoms with Gasteiger partial charge in [0.05, 0.1) is 24.6 Å². The number of fused-ring (bicyclic) bond motifs is 1. The number of benzene rings is 1. The first-order valence-corrected chi connectivity index (χ1v) is 9.36. The molecule has 0 unspecified atom stereocenters. The molecule has 3 atom stereocenters. The number of carboxylic acid groups (broad SMARTS) is 1. The fourth-order valence-corrected chi connectivity index (χ4v) is 4.43. The first-order chi connectivity index (χ1) is 12.4. The predicted molar refractivity (Wildman–Crippen MR) is 99.6 cm³/mol. The van der Waals surface area contributed by atoms with Crippen LogP contribution in [0.1, 0.15) is 18.9 Å². The van der Waals surface area contributed by atoms with Crippen LogP contribution in [-0.2, 0) is 9.59 Å². The van der Waals surface area contributed by atoms with Crippen molar-refractivity contribution in [2.24, 2.45) is 16.6 Å². The van der Waals surface area contributed by atoms with Crippen molar-refractivity contribution in [1.82, 2.24) is 4.90 Å². The minimum Gasteiger partial charge on any atom is -0.477 e. The molecular formula is C18H21N3O4S. The lowest BCUT2D eigenvalue weighted by atomic mass is 9.83. The van der Waals surface area contributed by atoms with Crippen molar-refractivity contribution in [2.75, 3.05) is 12.3 Å². The fourth-order valence-electron chi connectivity index (χ4n) is 3.39. The van der Waals surface area contributed by atoms with Gasteiger partial charge < -0.3 is 20.8 Å². The van der Waals surface area contributed by atoms with E-state index in [1.807, 2.05) is 30.3 Å². The largest absolute Gasteiger partial charge is 0.477 e. The summed E-state index contributed by atoms with van der Waals surface area (Å²) in [6, 6.07) is 9.16. The highest BCUT2D eigenvalue weighted by atomic mass is 32.2. The van der Waals surface area contributed by atoms with Gasteiger partial charge in [-0.1, -0.05) is 30.3 Å². The first-order valence-electron chi connectivity index (χ1n) is 8.37. The lowest BCUT2D eigenvalue weighted by Gasteiger charge is -2.44. The van der Waals surface area contributed by atoms with Gasteiger partial charge in [0.25, 0.3) is 0 Å². The molecule has 1 fully saturated rings. The van der Waals surface area contributed by atoms with Gasteiger partial charge in [-0.2, -0.15) is 0 Å². The Kier molecular flexibility index (Phi) is 5.33. The molecular weight excluding hydrogens is 354 g/mol. The number of hydrogen-bond donors (Lipinski definition) is 3. The molecule has 2 aliphatic heterocycles. The van der Waals surface area contributed by atoms with Crippen LogP contribution in [0.4, 0.5) is 0 Å². The highest BCUT2D eigenvalue weighted by molar-refractivity contribution is 8.03. The molecule has 1 aromatic rings. The molecule has 138 valence electrons. The third kappa shape index (κ3) is 3.34. The van der Waals surface area contributed by atoms with Gasteiger partial charge in [0.1, 0.15) is 11.5 Å². The number of amidine groups is 1. The standard InChI is InChI=1S/C18H21N3O4S/c1-10(22)14-12-9-13(15(18(24)25)21(12)17(14)23)26-8-7-20-16(19)11-5-3-2-4-6-11/h2-6,10,12,14,22H,7-9H2,1H3,(H2,19,20)(H,24,25)/t10-,12-,14-/m1/s1. The van der Waals surface area contributed by atoms with E-state index in [9.17, 15) is 19.8 Å². The Morgan fingerprint density at radius 1 is 1.42 bits per heavy atom. The number of carbonyl (C=O) groups is 2. The second kappa shape index (κ2) is 7.51. The summed E-state index contributed by atoms with van der Waals surface area (Å²) in [6.45, 7) is 2.01. The monoisotopic (exact) mass is 375 g/mol. The zero-order valence-electron chi connectivity index (χ0n) is 14.3. The van der Waals surface area contributed by atoms with Gasteiger partial charge in [-0.15, -0.1) is 11.8 Å². The van der Waals surface area contributed by atoms with Crippen LogP contribution in [0.2, 0.25) is 0 Å². The summed E-state index contributed by atoms with van der Waals surface area (Å²) < 4.78 is 0. The minimum absolute atomic E-state index is 0.0434. The first kappa shape index (κ1) is 18.5. The molecule has 3 rings (SSSR count). The molecule has 0 aromatic heterocycles. The van der Waals surface area contributed by atoms with Crippen LogP contribution >= 0.6 is 11.8 Å². The van der Waals surface area contributed by atoms with E-state index in [0.717, 1.165) is 5.56 Å². The third-order valence-electron chi connectivity index (χ3n) is 4.61. The molecule has 1 aromatic carbocycles. The van der Waals surface area contributed by atoms with Gasteiger partial charge in [0, 0.05) is 22.6 Å². The van der Waals surface area contributed by atoms with Crippen molar-refractivity contribution >= 4 is 29.5 Å². The molecule has 0 bridgehead atoms. The number of aliphatic carboxylic acids is 1. The summed E-state index contributed by atoms with van der Waals surface area (Å²) in [5.41, 5.74) is 6.83. The Hall–Kier alpha value is -2.32.